The molecule has 6 nitrogen and oxygen atoms in total. The summed E-state index contributed by atoms with van der Waals surface area (Å²) < 4.78 is 52.5. The van der Waals surface area contributed by atoms with Gasteiger partial charge in [0.15, 0.2) is 0 Å². The number of sulfonamides is 2. The van der Waals surface area contributed by atoms with Gasteiger partial charge in [0.25, 0.3) is 10.0 Å². The average molecular weight is 366 g/mol. The minimum atomic E-state index is -3.64. The number of fused-ring (bicyclic) bond motifs is 1. The van der Waals surface area contributed by atoms with E-state index in [9.17, 15) is 16.8 Å². The molecular formula is C16H18N2O4S2. The molecule has 1 aliphatic heterocycles. The normalized spacial score (nSPS) is 14.9. The van der Waals surface area contributed by atoms with E-state index in [1.54, 1.807) is 42.5 Å². The Kier molecular flexibility index (Phi) is 4.15. The molecule has 2 aromatic carbocycles. The topological polar surface area (TPSA) is 74.8 Å². The molecule has 0 atom stereocenters. The molecule has 0 spiro atoms. The van der Waals surface area contributed by atoms with Crippen LogP contribution in [0.5, 0.6) is 0 Å². The zero-order valence-corrected chi connectivity index (χ0v) is 15.0. The molecule has 0 N–H and O–H groups in total. The van der Waals surface area contributed by atoms with Gasteiger partial charge in [-0.3, -0.25) is 4.31 Å². The third-order valence-electron chi connectivity index (χ3n) is 4.01. The summed E-state index contributed by atoms with van der Waals surface area (Å²) in [6.07, 6.45) is 0.484. The molecule has 128 valence electrons. The van der Waals surface area contributed by atoms with Crippen LogP contribution in [-0.2, 0) is 26.5 Å². The first-order chi connectivity index (χ1) is 11.2. The van der Waals surface area contributed by atoms with Crippen LogP contribution in [0.15, 0.2) is 58.3 Å². The number of hydrogen-bond acceptors (Lipinski definition) is 4. The van der Waals surface area contributed by atoms with Crippen molar-refractivity contribution in [3.63, 3.8) is 0 Å². The van der Waals surface area contributed by atoms with E-state index < -0.39 is 20.0 Å². The fourth-order valence-electron chi connectivity index (χ4n) is 2.69. The van der Waals surface area contributed by atoms with Gasteiger partial charge in [0.2, 0.25) is 10.0 Å². The van der Waals surface area contributed by atoms with Crippen molar-refractivity contribution < 1.29 is 16.8 Å². The molecular weight excluding hydrogens is 348 g/mol. The van der Waals surface area contributed by atoms with Gasteiger partial charge in [-0.1, -0.05) is 18.2 Å². The zero-order valence-electron chi connectivity index (χ0n) is 13.4. The van der Waals surface area contributed by atoms with Gasteiger partial charge in [0, 0.05) is 20.6 Å². The monoisotopic (exact) mass is 366 g/mol. The van der Waals surface area contributed by atoms with Gasteiger partial charge in [0.1, 0.15) is 0 Å². The summed E-state index contributed by atoms with van der Waals surface area (Å²) in [4.78, 5) is 0.396. The highest BCUT2D eigenvalue weighted by Gasteiger charge is 2.32. The summed E-state index contributed by atoms with van der Waals surface area (Å²) >= 11 is 0. The summed E-state index contributed by atoms with van der Waals surface area (Å²) in [7, 11) is -4.25. The SMILES string of the molecule is CN(C)S(=O)(=O)c1ccc2c(c1)CCN2S(=O)(=O)c1ccccc1. The number of hydrogen-bond donors (Lipinski definition) is 0. The average Bonchev–Trinajstić information content (AvgIpc) is 2.99. The third kappa shape index (κ3) is 2.70. The minimum Gasteiger partial charge on any atom is -0.266 e. The standard InChI is InChI=1S/C16H18N2O4S2/c1-17(2)23(19,20)15-8-9-16-13(12-15)10-11-18(16)24(21,22)14-6-4-3-5-7-14/h3-9,12H,10-11H2,1-2H3. The Morgan fingerprint density at radius 2 is 1.58 bits per heavy atom. The predicted octanol–water partition coefficient (Wildman–Crippen LogP) is 1.69. The lowest BCUT2D eigenvalue weighted by Crippen LogP contribution is -2.29. The van der Waals surface area contributed by atoms with Gasteiger partial charge in [-0.15, -0.1) is 0 Å². The predicted molar refractivity (Wildman–Crippen MR) is 92.0 cm³/mol. The second kappa shape index (κ2) is 5.87. The first-order valence-corrected chi connectivity index (χ1v) is 10.3. The van der Waals surface area contributed by atoms with E-state index in [0.29, 0.717) is 18.7 Å². The van der Waals surface area contributed by atoms with E-state index in [1.165, 1.54) is 24.5 Å². The lowest BCUT2D eigenvalue weighted by atomic mass is 10.2. The fraction of sp³-hybridized carbons (Fsp3) is 0.250. The first-order valence-electron chi connectivity index (χ1n) is 7.38. The Hall–Kier alpha value is -1.90. The maximum absolute atomic E-state index is 12.8. The molecule has 0 aromatic heterocycles. The highest BCUT2D eigenvalue weighted by molar-refractivity contribution is 7.92. The van der Waals surface area contributed by atoms with Crippen molar-refractivity contribution in [2.24, 2.45) is 0 Å². The summed E-state index contributed by atoms with van der Waals surface area (Å²) in [5.74, 6) is 0. The molecule has 0 unspecified atom stereocenters. The Morgan fingerprint density at radius 3 is 2.21 bits per heavy atom. The van der Waals surface area contributed by atoms with Gasteiger partial charge in [-0.25, -0.2) is 21.1 Å². The molecule has 1 aliphatic rings. The van der Waals surface area contributed by atoms with Crippen molar-refractivity contribution in [2.45, 2.75) is 16.2 Å². The summed E-state index contributed by atoms with van der Waals surface area (Å²) in [6, 6.07) is 12.8. The van der Waals surface area contributed by atoms with Crippen LogP contribution in [0, 0.1) is 0 Å². The van der Waals surface area contributed by atoms with Crippen LogP contribution in [0.4, 0.5) is 5.69 Å². The van der Waals surface area contributed by atoms with Crippen molar-refractivity contribution in [3.8, 4) is 0 Å². The van der Waals surface area contributed by atoms with Crippen LogP contribution in [0.2, 0.25) is 0 Å². The molecule has 0 saturated heterocycles. The second-order valence-corrected chi connectivity index (χ2v) is 9.73. The van der Waals surface area contributed by atoms with Gasteiger partial charge in [-0.2, -0.15) is 0 Å². The van der Waals surface area contributed by atoms with Crippen LogP contribution in [0.3, 0.4) is 0 Å². The summed E-state index contributed by atoms with van der Waals surface area (Å²) in [5, 5.41) is 0. The van der Waals surface area contributed by atoms with Crippen LogP contribution in [0.25, 0.3) is 0 Å². The van der Waals surface area contributed by atoms with Crippen molar-refractivity contribution in [2.75, 3.05) is 24.9 Å². The number of rotatable bonds is 4. The van der Waals surface area contributed by atoms with E-state index in [4.69, 9.17) is 0 Å². The first kappa shape index (κ1) is 16.9. The van der Waals surface area contributed by atoms with E-state index in [0.717, 1.165) is 9.87 Å². The third-order valence-corrected chi connectivity index (χ3v) is 7.65. The fourth-order valence-corrected chi connectivity index (χ4v) is 5.17. The lowest BCUT2D eigenvalue weighted by molar-refractivity contribution is 0.520. The van der Waals surface area contributed by atoms with E-state index in [2.05, 4.69) is 0 Å². The van der Waals surface area contributed by atoms with Crippen molar-refractivity contribution in [1.29, 1.82) is 0 Å². The smallest absolute Gasteiger partial charge is 0.264 e. The van der Waals surface area contributed by atoms with Crippen LogP contribution in [-0.4, -0.2) is 41.8 Å². The van der Waals surface area contributed by atoms with Crippen LogP contribution >= 0.6 is 0 Å². The summed E-state index contributed by atoms with van der Waals surface area (Å²) in [6.45, 7) is 0.304. The van der Waals surface area contributed by atoms with Crippen molar-refractivity contribution in [3.05, 3.63) is 54.1 Å². The van der Waals surface area contributed by atoms with Gasteiger partial charge >= 0.3 is 0 Å². The zero-order chi connectivity index (χ0) is 17.5. The summed E-state index contributed by atoms with van der Waals surface area (Å²) in [5.41, 5.74) is 1.26. The van der Waals surface area contributed by atoms with Gasteiger partial charge in [-0.05, 0) is 42.3 Å². The molecule has 0 aliphatic carbocycles. The molecule has 2 aromatic rings. The quantitative estimate of drug-likeness (QED) is 0.825. The molecule has 0 bridgehead atoms. The van der Waals surface area contributed by atoms with E-state index >= 15 is 0 Å². The highest BCUT2D eigenvalue weighted by atomic mass is 32.2. The molecule has 0 amide bonds. The Morgan fingerprint density at radius 1 is 0.917 bits per heavy atom. The largest absolute Gasteiger partial charge is 0.266 e. The second-order valence-electron chi connectivity index (χ2n) is 5.72. The number of nitrogens with zero attached hydrogens (tertiary/aromatic N) is 2. The Labute approximate surface area is 142 Å². The number of benzene rings is 2. The molecule has 0 fully saturated rings. The minimum absolute atomic E-state index is 0.171. The highest BCUT2D eigenvalue weighted by Crippen LogP contribution is 2.34. The van der Waals surface area contributed by atoms with Crippen molar-refractivity contribution in [1.82, 2.24) is 4.31 Å². The maximum atomic E-state index is 12.8. The Bertz CT molecular complexity index is 968. The molecule has 1 heterocycles. The lowest BCUT2D eigenvalue weighted by Gasteiger charge is -2.20. The number of anilines is 1. The van der Waals surface area contributed by atoms with Crippen molar-refractivity contribution >= 4 is 25.7 Å². The maximum Gasteiger partial charge on any atom is 0.264 e. The van der Waals surface area contributed by atoms with Gasteiger partial charge < -0.3 is 0 Å². The van der Waals surface area contributed by atoms with E-state index in [1.807, 2.05) is 0 Å². The Balaban J connectivity index is 2.03. The van der Waals surface area contributed by atoms with Crippen LogP contribution < -0.4 is 4.31 Å². The molecule has 8 heteroatoms. The van der Waals surface area contributed by atoms with Gasteiger partial charge in [0.05, 0.1) is 15.5 Å². The molecule has 3 rings (SSSR count). The molecule has 0 radical (unpaired) electrons. The molecule has 24 heavy (non-hydrogen) atoms. The van der Waals surface area contributed by atoms with E-state index in [-0.39, 0.29) is 9.79 Å². The molecule has 0 saturated carbocycles. The van der Waals surface area contributed by atoms with Crippen LogP contribution in [0.1, 0.15) is 5.56 Å².